The van der Waals surface area contributed by atoms with Gasteiger partial charge in [0.25, 0.3) is 0 Å². The van der Waals surface area contributed by atoms with Crippen molar-refractivity contribution in [3.8, 4) is 11.4 Å². The van der Waals surface area contributed by atoms with Gasteiger partial charge in [-0.1, -0.05) is 23.2 Å². The van der Waals surface area contributed by atoms with E-state index in [4.69, 9.17) is 28.3 Å². The predicted octanol–water partition coefficient (Wildman–Crippen LogP) is 3.40. The molecular weight excluding hydrogens is 301 g/mol. The minimum atomic E-state index is -1.02. The molecule has 3 rings (SSSR count). The first-order valence-electron chi connectivity index (χ1n) is 5.59. The SMILES string of the molecule is O=C(O)c1ccc2nc(-c3cc(Cl)cc(Cl)c3)nn2c1. The van der Waals surface area contributed by atoms with Gasteiger partial charge >= 0.3 is 5.97 Å². The van der Waals surface area contributed by atoms with Gasteiger partial charge in [0.1, 0.15) is 0 Å². The van der Waals surface area contributed by atoms with Crippen LogP contribution in [0.5, 0.6) is 0 Å². The van der Waals surface area contributed by atoms with Gasteiger partial charge in [-0.25, -0.2) is 14.3 Å². The number of benzene rings is 1. The fourth-order valence-electron chi connectivity index (χ4n) is 1.81. The maximum absolute atomic E-state index is 10.9. The second kappa shape index (κ2) is 4.77. The van der Waals surface area contributed by atoms with Crippen LogP contribution in [-0.2, 0) is 0 Å². The number of aromatic carboxylic acids is 1. The van der Waals surface area contributed by atoms with Crippen molar-refractivity contribution >= 4 is 34.8 Å². The van der Waals surface area contributed by atoms with E-state index < -0.39 is 5.97 Å². The molecule has 1 aromatic carbocycles. The minimum absolute atomic E-state index is 0.137. The number of hydrogen-bond acceptors (Lipinski definition) is 3. The van der Waals surface area contributed by atoms with E-state index in [1.165, 1.54) is 16.8 Å². The molecule has 0 saturated heterocycles. The van der Waals surface area contributed by atoms with Crippen LogP contribution < -0.4 is 0 Å². The molecule has 0 saturated carbocycles. The number of rotatable bonds is 2. The molecule has 0 amide bonds. The Balaban J connectivity index is 2.15. The highest BCUT2D eigenvalue weighted by Crippen LogP contribution is 2.25. The number of aromatic nitrogens is 3. The Morgan fingerprint density at radius 3 is 2.50 bits per heavy atom. The number of nitrogens with zero attached hydrogens (tertiary/aromatic N) is 3. The van der Waals surface area contributed by atoms with Crippen LogP contribution in [0.1, 0.15) is 10.4 Å². The van der Waals surface area contributed by atoms with Gasteiger partial charge in [-0.3, -0.25) is 0 Å². The Bertz CT molecular complexity index is 809. The summed E-state index contributed by atoms with van der Waals surface area (Å²) in [5, 5.41) is 14.1. The third-order valence-electron chi connectivity index (χ3n) is 2.70. The quantitative estimate of drug-likeness (QED) is 0.788. The molecule has 2 aromatic heterocycles. The molecule has 0 unspecified atom stereocenters. The highest BCUT2D eigenvalue weighted by Gasteiger charge is 2.10. The van der Waals surface area contributed by atoms with E-state index in [0.717, 1.165) is 0 Å². The van der Waals surface area contributed by atoms with Crippen molar-refractivity contribution in [1.82, 2.24) is 14.6 Å². The summed E-state index contributed by atoms with van der Waals surface area (Å²) in [5.41, 5.74) is 1.35. The molecule has 0 atom stereocenters. The zero-order valence-corrected chi connectivity index (χ0v) is 11.4. The summed E-state index contributed by atoms with van der Waals surface area (Å²) in [6, 6.07) is 8.07. The lowest BCUT2D eigenvalue weighted by Crippen LogP contribution is -1.99. The molecule has 0 aliphatic rings. The monoisotopic (exact) mass is 307 g/mol. The van der Waals surface area contributed by atoms with Gasteiger partial charge in [0.2, 0.25) is 0 Å². The number of carbonyl (C=O) groups is 1. The Hall–Kier alpha value is -2.11. The van der Waals surface area contributed by atoms with E-state index in [1.807, 2.05) is 0 Å². The van der Waals surface area contributed by atoms with Crippen LogP contribution in [0.2, 0.25) is 10.0 Å². The highest BCUT2D eigenvalue weighted by atomic mass is 35.5. The smallest absolute Gasteiger partial charge is 0.337 e. The molecular formula is C13H7Cl2N3O2. The minimum Gasteiger partial charge on any atom is -0.478 e. The van der Waals surface area contributed by atoms with Crippen molar-refractivity contribution < 1.29 is 9.90 Å². The molecule has 100 valence electrons. The molecule has 2 heterocycles. The van der Waals surface area contributed by atoms with Gasteiger partial charge < -0.3 is 5.11 Å². The van der Waals surface area contributed by atoms with Gasteiger partial charge in [-0.15, -0.1) is 5.10 Å². The van der Waals surface area contributed by atoms with Crippen molar-refractivity contribution in [1.29, 1.82) is 0 Å². The Kier molecular flexibility index (Phi) is 3.08. The van der Waals surface area contributed by atoms with Crippen molar-refractivity contribution in [2.24, 2.45) is 0 Å². The first kappa shape index (κ1) is 12.9. The van der Waals surface area contributed by atoms with E-state index in [1.54, 1.807) is 24.3 Å². The fraction of sp³-hybridized carbons (Fsp3) is 0. The summed E-state index contributed by atoms with van der Waals surface area (Å²) in [4.78, 5) is 15.2. The van der Waals surface area contributed by atoms with Crippen molar-refractivity contribution in [3.63, 3.8) is 0 Å². The summed E-state index contributed by atoms with van der Waals surface area (Å²) in [7, 11) is 0. The molecule has 5 nitrogen and oxygen atoms in total. The van der Waals surface area contributed by atoms with Crippen molar-refractivity contribution in [2.75, 3.05) is 0 Å². The summed E-state index contributed by atoms with van der Waals surface area (Å²) >= 11 is 11.9. The summed E-state index contributed by atoms with van der Waals surface area (Å²) in [5.74, 6) is -0.591. The van der Waals surface area contributed by atoms with E-state index in [9.17, 15) is 4.79 Å². The molecule has 0 bridgehead atoms. The van der Waals surface area contributed by atoms with E-state index >= 15 is 0 Å². The fourth-order valence-corrected chi connectivity index (χ4v) is 2.34. The van der Waals surface area contributed by atoms with E-state index in [0.29, 0.717) is 27.1 Å². The second-order valence-electron chi connectivity index (χ2n) is 4.12. The van der Waals surface area contributed by atoms with Gasteiger partial charge in [-0.05, 0) is 30.3 Å². The van der Waals surface area contributed by atoms with E-state index in [2.05, 4.69) is 10.1 Å². The zero-order chi connectivity index (χ0) is 14.3. The van der Waals surface area contributed by atoms with Gasteiger partial charge in [0.05, 0.1) is 5.56 Å². The Labute approximate surface area is 123 Å². The van der Waals surface area contributed by atoms with Crippen LogP contribution in [0.25, 0.3) is 17.0 Å². The topological polar surface area (TPSA) is 67.5 Å². The van der Waals surface area contributed by atoms with Gasteiger partial charge in [0.15, 0.2) is 11.5 Å². The van der Waals surface area contributed by atoms with Crippen LogP contribution in [-0.4, -0.2) is 25.7 Å². The number of carboxylic acids is 1. The molecule has 20 heavy (non-hydrogen) atoms. The first-order chi connectivity index (χ1) is 9.52. The van der Waals surface area contributed by atoms with Crippen LogP contribution >= 0.6 is 23.2 Å². The lowest BCUT2D eigenvalue weighted by Gasteiger charge is -1.97. The van der Waals surface area contributed by atoms with Crippen molar-refractivity contribution in [3.05, 3.63) is 52.1 Å². The third-order valence-corrected chi connectivity index (χ3v) is 3.14. The lowest BCUT2D eigenvalue weighted by atomic mass is 10.2. The van der Waals surface area contributed by atoms with Crippen LogP contribution in [0.4, 0.5) is 0 Å². The molecule has 0 spiro atoms. The Morgan fingerprint density at radius 1 is 1.15 bits per heavy atom. The predicted molar refractivity (Wildman–Crippen MR) is 75.4 cm³/mol. The first-order valence-corrected chi connectivity index (χ1v) is 6.35. The van der Waals surface area contributed by atoms with Crippen LogP contribution in [0, 0.1) is 0 Å². The summed E-state index contributed by atoms with van der Waals surface area (Å²) < 4.78 is 1.41. The summed E-state index contributed by atoms with van der Waals surface area (Å²) in [6.07, 6.45) is 1.40. The molecule has 7 heteroatoms. The maximum Gasteiger partial charge on any atom is 0.337 e. The van der Waals surface area contributed by atoms with Crippen LogP contribution in [0.15, 0.2) is 36.5 Å². The number of halogens is 2. The molecule has 1 N–H and O–H groups in total. The maximum atomic E-state index is 10.9. The van der Waals surface area contributed by atoms with Gasteiger partial charge in [0, 0.05) is 21.8 Å². The zero-order valence-electron chi connectivity index (χ0n) is 9.92. The molecule has 0 aliphatic heterocycles. The molecule has 0 aliphatic carbocycles. The average molecular weight is 308 g/mol. The second-order valence-corrected chi connectivity index (χ2v) is 4.99. The summed E-state index contributed by atoms with van der Waals surface area (Å²) in [6.45, 7) is 0. The highest BCUT2D eigenvalue weighted by molar-refractivity contribution is 6.35. The van der Waals surface area contributed by atoms with Crippen LogP contribution in [0.3, 0.4) is 0 Å². The number of pyridine rings is 1. The largest absolute Gasteiger partial charge is 0.478 e. The van der Waals surface area contributed by atoms with Crippen molar-refractivity contribution in [2.45, 2.75) is 0 Å². The number of fused-ring (bicyclic) bond motifs is 1. The Morgan fingerprint density at radius 2 is 1.85 bits per heavy atom. The number of hydrogen-bond donors (Lipinski definition) is 1. The lowest BCUT2D eigenvalue weighted by molar-refractivity contribution is 0.0696. The van der Waals surface area contributed by atoms with E-state index in [-0.39, 0.29) is 5.56 Å². The molecule has 3 aromatic rings. The molecule has 0 radical (unpaired) electrons. The van der Waals surface area contributed by atoms with Gasteiger partial charge in [-0.2, -0.15) is 0 Å². The third kappa shape index (κ3) is 2.33. The normalized spacial score (nSPS) is 10.9. The standard InChI is InChI=1S/C13H7Cl2N3O2/c14-9-3-8(4-10(15)5-9)12-16-11-2-1-7(13(19)20)6-18(11)17-12/h1-6H,(H,19,20). The average Bonchev–Trinajstić information content (AvgIpc) is 2.80. The molecule has 0 fully saturated rings. The number of carboxylic acid groups (broad SMARTS) is 1.